The zero-order valence-electron chi connectivity index (χ0n) is 23.7. The Hall–Kier alpha value is -2.12. The topological polar surface area (TPSA) is 127 Å². The third-order valence-electron chi connectivity index (χ3n) is 6.61. The summed E-state index contributed by atoms with van der Waals surface area (Å²) in [5, 5.41) is 17.2. The Morgan fingerprint density at radius 2 is 0.579 bits per heavy atom. The van der Waals surface area contributed by atoms with Gasteiger partial charge in [-0.15, -0.1) is 0 Å². The summed E-state index contributed by atoms with van der Waals surface area (Å²) in [6.07, 6.45) is 21.2. The lowest BCUT2D eigenvalue weighted by Crippen LogP contribution is -2.07. The van der Waals surface area contributed by atoms with Gasteiger partial charge >= 0.3 is 23.9 Å². The van der Waals surface area contributed by atoms with E-state index in [9.17, 15) is 19.2 Å². The van der Waals surface area contributed by atoms with Crippen LogP contribution in [0, 0.1) is 0 Å². The van der Waals surface area contributed by atoms with Gasteiger partial charge in [-0.3, -0.25) is 19.2 Å². The molecule has 0 aliphatic heterocycles. The van der Waals surface area contributed by atoms with E-state index in [2.05, 4.69) is 0 Å². The van der Waals surface area contributed by atoms with E-state index in [0.29, 0.717) is 26.1 Å². The summed E-state index contributed by atoms with van der Waals surface area (Å²) in [7, 11) is 0. The van der Waals surface area contributed by atoms with Crippen molar-refractivity contribution in [1.82, 2.24) is 0 Å². The minimum atomic E-state index is -0.718. The molecule has 0 saturated carbocycles. The van der Waals surface area contributed by atoms with Crippen LogP contribution in [0.2, 0.25) is 0 Å². The largest absolute Gasteiger partial charge is 0.481 e. The van der Waals surface area contributed by atoms with Crippen molar-refractivity contribution in [2.45, 2.75) is 154 Å². The van der Waals surface area contributed by atoms with Gasteiger partial charge in [0.2, 0.25) is 0 Å². The molecule has 0 saturated heterocycles. The molecule has 0 atom stereocenters. The maximum Gasteiger partial charge on any atom is 0.305 e. The molecule has 222 valence electrons. The number of carboxylic acids is 2. The van der Waals surface area contributed by atoms with E-state index >= 15 is 0 Å². The van der Waals surface area contributed by atoms with Crippen molar-refractivity contribution < 1.29 is 38.9 Å². The summed E-state index contributed by atoms with van der Waals surface area (Å²) in [6, 6.07) is 0. The van der Waals surface area contributed by atoms with Crippen molar-refractivity contribution in [3.63, 3.8) is 0 Å². The number of hydrogen-bond donors (Lipinski definition) is 2. The van der Waals surface area contributed by atoms with E-state index < -0.39 is 11.9 Å². The van der Waals surface area contributed by atoms with Crippen LogP contribution >= 0.6 is 0 Å². The summed E-state index contributed by atoms with van der Waals surface area (Å²) in [6.45, 7) is 0.911. The molecule has 0 aliphatic rings. The van der Waals surface area contributed by atoms with Crippen LogP contribution in [0.5, 0.6) is 0 Å². The second kappa shape index (κ2) is 27.9. The summed E-state index contributed by atoms with van der Waals surface area (Å²) in [4.78, 5) is 44.5. The monoisotopic (exact) mass is 542 g/mol. The van der Waals surface area contributed by atoms with Crippen molar-refractivity contribution >= 4 is 23.9 Å². The number of esters is 2. The summed E-state index contributed by atoms with van der Waals surface area (Å²) >= 11 is 0. The third-order valence-corrected chi connectivity index (χ3v) is 6.61. The average Bonchev–Trinajstić information content (AvgIpc) is 2.87. The second-order valence-corrected chi connectivity index (χ2v) is 10.3. The average molecular weight is 543 g/mol. The fourth-order valence-corrected chi connectivity index (χ4v) is 4.29. The Labute approximate surface area is 230 Å². The minimum Gasteiger partial charge on any atom is -0.481 e. The van der Waals surface area contributed by atoms with Crippen LogP contribution in [0.1, 0.15) is 154 Å². The van der Waals surface area contributed by atoms with Crippen molar-refractivity contribution in [1.29, 1.82) is 0 Å². The van der Waals surface area contributed by atoms with Crippen molar-refractivity contribution in [3.8, 4) is 0 Å². The lowest BCUT2D eigenvalue weighted by atomic mass is 10.1. The molecule has 38 heavy (non-hydrogen) atoms. The molecule has 8 nitrogen and oxygen atoms in total. The van der Waals surface area contributed by atoms with Crippen LogP contribution in [0.4, 0.5) is 0 Å². The van der Waals surface area contributed by atoms with Crippen molar-refractivity contribution in [2.24, 2.45) is 0 Å². The third kappa shape index (κ3) is 30.1. The number of carboxylic acid groups (broad SMARTS) is 2. The van der Waals surface area contributed by atoms with Gasteiger partial charge in [0.05, 0.1) is 13.2 Å². The molecular weight excluding hydrogens is 488 g/mol. The number of aliphatic carboxylic acids is 2. The lowest BCUT2D eigenvalue weighted by molar-refractivity contribution is -0.145. The first kappa shape index (κ1) is 35.9. The lowest BCUT2D eigenvalue weighted by Gasteiger charge is -2.06. The SMILES string of the molecule is O=C(O)CCCCCCCCCCC(=O)OCCCCCCOC(=O)CCCCCCCCCCC(=O)O. The molecule has 0 unspecified atom stereocenters. The zero-order chi connectivity index (χ0) is 28.1. The Morgan fingerprint density at radius 1 is 0.342 bits per heavy atom. The molecule has 0 amide bonds. The minimum absolute atomic E-state index is 0.122. The van der Waals surface area contributed by atoms with E-state index in [1.54, 1.807) is 0 Å². The molecule has 0 fully saturated rings. The maximum atomic E-state index is 11.8. The highest BCUT2D eigenvalue weighted by Gasteiger charge is 2.05. The number of unbranched alkanes of at least 4 members (excludes halogenated alkanes) is 17. The Morgan fingerprint density at radius 3 is 0.868 bits per heavy atom. The highest BCUT2D eigenvalue weighted by molar-refractivity contribution is 5.69. The Kier molecular flexibility index (Phi) is 26.3. The molecule has 0 spiro atoms. The van der Waals surface area contributed by atoms with Gasteiger partial charge in [-0.05, 0) is 51.4 Å². The van der Waals surface area contributed by atoms with E-state index in [0.717, 1.165) is 128 Å². The number of ether oxygens (including phenoxy) is 2. The van der Waals surface area contributed by atoms with Gasteiger partial charge < -0.3 is 19.7 Å². The van der Waals surface area contributed by atoms with Gasteiger partial charge in [0.15, 0.2) is 0 Å². The van der Waals surface area contributed by atoms with Gasteiger partial charge in [0.25, 0.3) is 0 Å². The second-order valence-electron chi connectivity index (χ2n) is 10.3. The van der Waals surface area contributed by atoms with Crippen LogP contribution in [0.15, 0.2) is 0 Å². The number of carbonyl (C=O) groups excluding carboxylic acids is 2. The summed E-state index contributed by atoms with van der Waals surface area (Å²) in [5.74, 6) is -1.68. The van der Waals surface area contributed by atoms with E-state index in [1.807, 2.05) is 0 Å². The quantitative estimate of drug-likeness (QED) is 0.0730. The summed E-state index contributed by atoms with van der Waals surface area (Å²) < 4.78 is 10.6. The molecule has 0 aromatic carbocycles. The van der Waals surface area contributed by atoms with Gasteiger partial charge in [0.1, 0.15) is 0 Å². The van der Waals surface area contributed by atoms with Crippen molar-refractivity contribution in [3.05, 3.63) is 0 Å². The zero-order valence-corrected chi connectivity index (χ0v) is 23.7. The van der Waals surface area contributed by atoms with Crippen molar-refractivity contribution in [2.75, 3.05) is 13.2 Å². The van der Waals surface area contributed by atoms with Crippen LogP contribution in [-0.2, 0) is 28.7 Å². The highest BCUT2D eigenvalue weighted by atomic mass is 16.5. The van der Waals surface area contributed by atoms with E-state index in [4.69, 9.17) is 19.7 Å². The van der Waals surface area contributed by atoms with Crippen LogP contribution < -0.4 is 0 Å². The first-order chi connectivity index (χ1) is 18.4. The van der Waals surface area contributed by atoms with Gasteiger partial charge in [-0.2, -0.15) is 0 Å². The molecule has 0 heterocycles. The number of hydrogen-bond acceptors (Lipinski definition) is 6. The fraction of sp³-hybridized carbons (Fsp3) is 0.867. The maximum absolute atomic E-state index is 11.8. The predicted molar refractivity (Wildman–Crippen MR) is 148 cm³/mol. The predicted octanol–water partition coefficient (Wildman–Crippen LogP) is 7.60. The Bertz CT molecular complexity index is 553. The normalized spacial score (nSPS) is 10.8. The molecular formula is C30H54O8. The Balaban J connectivity index is 3.28. The number of carbonyl (C=O) groups is 4. The van der Waals surface area contributed by atoms with Crippen LogP contribution in [0.25, 0.3) is 0 Å². The fourth-order valence-electron chi connectivity index (χ4n) is 4.29. The van der Waals surface area contributed by atoms with Gasteiger partial charge in [0, 0.05) is 25.7 Å². The van der Waals surface area contributed by atoms with Gasteiger partial charge in [-0.25, -0.2) is 0 Å². The molecule has 8 heteroatoms. The molecule has 0 aromatic heterocycles. The molecule has 0 aliphatic carbocycles. The summed E-state index contributed by atoms with van der Waals surface area (Å²) in [5.41, 5.74) is 0. The molecule has 0 aromatic rings. The molecule has 0 rings (SSSR count). The van der Waals surface area contributed by atoms with E-state index in [-0.39, 0.29) is 24.8 Å². The first-order valence-corrected chi connectivity index (χ1v) is 15.2. The molecule has 0 radical (unpaired) electrons. The molecule has 0 bridgehead atoms. The smallest absolute Gasteiger partial charge is 0.305 e. The van der Waals surface area contributed by atoms with E-state index in [1.165, 1.54) is 0 Å². The standard InChI is InChI=1S/C30H54O8/c31-27(32)21-15-9-5-1-3-7-11-17-23-29(35)37-25-19-13-14-20-26-38-30(36)24-18-12-8-4-2-6-10-16-22-28(33)34/h1-26H2,(H,31,32)(H,33,34). The van der Waals surface area contributed by atoms with Crippen LogP contribution in [-0.4, -0.2) is 47.3 Å². The highest BCUT2D eigenvalue weighted by Crippen LogP contribution is 2.12. The van der Waals surface area contributed by atoms with Crippen LogP contribution in [0.3, 0.4) is 0 Å². The van der Waals surface area contributed by atoms with Gasteiger partial charge in [-0.1, -0.05) is 77.0 Å². The molecule has 2 N–H and O–H groups in total. The number of rotatable bonds is 29. The first-order valence-electron chi connectivity index (χ1n) is 15.2.